The van der Waals surface area contributed by atoms with Crippen molar-refractivity contribution in [1.29, 1.82) is 0 Å². The molecule has 0 spiro atoms. The van der Waals surface area contributed by atoms with Gasteiger partial charge >= 0.3 is 6.18 Å². The maximum Gasteiger partial charge on any atom is 0.410 e. The summed E-state index contributed by atoms with van der Waals surface area (Å²) in [6, 6.07) is 2.41. The zero-order valence-electron chi connectivity index (χ0n) is 10.6. The standard InChI is InChI=1S/C12H13F4NO2S/c1-2-17-11(12(14,15)16)5-6-20(18,19)10-4-3-8(13)7-9(10)11/h3-4,7,17H,2,5-6H2,1H3. The van der Waals surface area contributed by atoms with Gasteiger partial charge in [-0.1, -0.05) is 6.92 Å². The van der Waals surface area contributed by atoms with Crippen molar-refractivity contribution in [3.8, 4) is 0 Å². The summed E-state index contributed by atoms with van der Waals surface area (Å²) in [6.45, 7) is 1.46. The van der Waals surface area contributed by atoms with E-state index in [0.29, 0.717) is 6.07 Å². The Kier molecular flexibility index (Phi) is 3.58. The molecule has 1 aliphatic heterocycles. The first kappa shape index (κ1) is 15.2. The minimum Gasteiger partial charge on any atom is -0.300 e. The summed E-state index contributed by atoms with van der Waals surface area (Å²) in [5.41, 5.74) is -3.08. The molecule has 0 fully saturated rings. The molecule has 0 saturated heterocycles. The van der Waals surface area contributed by atoms with E-state index >= 15 is 0 Å². The zero-order valence-corrected chi connectivity index (χ0v) is 11.4. The van der Waals surface area contributed by atoms with Crippen LogP contribution in [0.5, 0.6) is 0 Å². The van der Waals surface area contributed by atoms with Crippen LogP contribution in [0, 0.1) is 5.82 Å². The summed E-state index contributed by atoms with van der Waals surface area (Å²) in [5, 5.41) is 2.30. The quantitative estimate of drug-likeness (QED) is 0.674. The highest BCUT2D eigenvalue weighted by molar-refractivity contribution is 7.91. The lowest BCUT2D eigenvalue weighted by Crippen LogP contribution is -2.57. The van der Waals surface area contributed by atoms with Gasteiger partial charge in [0, 0.05) is 5.56 Å². The van der Waals surface area contributed by atoms with Gasteiger partial charge in [0.25, 0.3) is 0 Å². The fourth-order valence-electron chi connectivity index (χ4n) is 2.52. The number of alkyl halides is 3. The molecule has 112 valence electrons. The second-order valence-corrected chi connectivity index (χ2v) is 6.72. The average molecular weight is 311 g/mol. The predicted molar refractivity (Wildman–Crippen MR) is 64.5 cm³/mol. The predicted octanol–water partition coefficient (Wildman–Crippen LogP) is 2.37. The first-order valence-corrected chi connectivity index (χ1v) is 7.64. The van der Waals surface area contributed by atoms with Gasteiger partial charge in [0.15, 0.2) is 9.84 Å². The van der Waals surface area contributed by atoms with Crippen molar-refractivity contribution in [3.63, 3.8) is 0 Å². The van der Waals surface area contributed by atoms with Crippen molar-refractivity contribution in [1.82, 2.24) is 5.32 Å². The van der Waals surface area contributed by atoms with Crippen molar-refractivity contribution < 1.29 is 26.0 Å². The second-order valence-electron chi connectivity index (χ2n) is 4.64. The summed E-state index contributed by atoms with van der Waals surface area (Å²) >= 11 is 0. The number of sulfone groups is 1. The number of halogens is 4. The monoisotopic (exact) mass is 311 g/mol. The third kappa shape index (κ3) is 2.20. The lowest BCUT2D eigenvalue weighted by molar-refractivity contribution is -0.203. The van der Waals surface area contributed by atoms with Crippen LogP contribution < -0.4 is 5.32 Å². The maximum atomic E-state index is 13.5. The number of nitrogens with one attached hydrogen (secondary N) is 1. The van der Waals surface area contributed by atoms with Crippen molar-refractivity contribution in [2.45, 2.75) is 30.0 Å². The minimum absolute atomic E-state index is 0.0183. The van der Waals surface area contributed by atoms with E-state index in [-0.39, 0.29) is 6.54 Å². The maximum absolute atomic E-state index is 13.5. The minimum atomic E-state index is -4.72. The van der Waals surface area contributed by atoms with Gasteiger partial charge < -0.3 is 5.32 Å². The highest BCUT2D eigenvalue weighted by Gasteiger charge is 2.59. The van der Waals surface area contributed by atoms with Crippen LogP contribution in [0.15, 0.2) is 23.1 Å². The molecule has 8 heteroatoms. The normalized spacial score (nSPS) is 25.2. The molecule has 0 aliphatic carbocycles. The third-order valence-corrected chi connectivity index (χ3v) is 5.21. The van der Waals surface area contributed by atoms with Gasteiger partial charge in [0.05, 0.1) is 10.6 Å². The summed E-state index contributed by atoms with van der Waals surface area (Å²) in [4.78, 5) is -0.455. The first-order chi connectivity index (χ1) is 9.14. The summed E-state index contributed by atoms with van der Waals surface area (Å²) < 4.78 is 77.5. The number of hydrogen-bond donors (Lipinski definition) is 1. The molecule has 1 aromatic carbocycles. The molecule has 1 unspecified atom stereocenters. The molecular formula is C12H13F4NO2S. The molecule has 1 N–H and O–H groups in total. The van der Waals surface area contributed by atoms with E-state index in [1.54, 1.807) is 0 Å². The SMILES string of the molecule is CCNC1(C(F)(F)F)CCS(=O)(=O)c2ccc(F)cc21. The fourth-order valence-corrected chi connectivity index (χ4v) is 4.16. The van der Waals surface area contributed by atoms with Crippen LogP contribution in [-0.2, 0) is 15.4 Å². The number of hydrogen-bond acceptors (Lipinski definition) is 3. The second kappa shape index (κ2) is 4.70. The molecular weight excluding hydrogens is 298 g/mol. The molecule has 1 aliphatic rings. The van der Waals surface area contributed by atoms with E-state index in [1.807, 2.05) is 0 Å². The van der Waals surface area contributed by atoms with Crippen LogP contribution in [0.1, 0.15) is 18.9 Å². The molecule has 0 radical (unpaired) electrons. The van der Waals surface area contributed by atoms with Gasteiger partial charge in [-0.3, -0.25) is 0 Å². The van der Waals surface area contributed by atoms with E-state index in [2.05, 4.69) is 5.32 Å². The van der Waals surface area contributed by atoms with Crippen LogP contribution in [0.25, 0.3) is 0 Å². The first-order valence-electron chi connectivity index (χ1n) is 5.98. The van der Waals surface area contributed by atoms with Gasteiger partial charge in [-0.25, -0.2) is 12.8 Å². The Labute approximate surface area is 113 Å². The van der Waals surface area contributed by atoms with Gasteiger partial charge in [0.1, 0.15) is 11.4 Å². The van der Waals surface area contributed by atoms with Gasteiger partial charge in [0.2, 0.25) is 0 Å². The lowest BCUT2D eigenvalue weighted by Gasteiger charge is -2.40. The molecule has 1 atom stereocenters. The van der Waals surface area contributed by atoms with Crippen molar-refractivity contribution in [2.75, 3.05) is 12.3 Å². The highest BCUT2D eigenvalue weighted by atomic mass is 32.2. The van der Waals surface area contributed by atoms with E-state index in [4.69, 9.17) is 0 Å². The summed E-state index contributed by atoms with van der Waals surface area (Å²) in [7, 11) is -3.82. The van der Waals surface area contributed by atoms with Crippen LogP contribution in [-0.4, -0.2) is 26.9 Å². The largest absolute Gasteiger partial charge is 0.410 e. The van der Waals surface area contributed by atoms with Crippen molar-refractivity contribution >= 4 is 9.84 Å². The smallest absolute Gasteiger partial charge is 0.300 e. The molecule has 0 saturated carbocycles. The van der Waals surface area contributed by atoms with Crippen LogP contribution >= 0.6 is 0 Å². The molecule has 0 amide bonds. The third-order valence-electron chi connectivity index (χ3n) is 3.44. The van der Waals surface area contributed by atoms with Crippen molar-refractivity contribution in [3.05, 3.63) is 29.6 Å². The van der Waals surface area contributed by atoms with E-state index in [9.17, 15) is 26.0 Å². The Morgan fingerprint density at radius 2 is 2.00 bits per heavy atom. The Morgan fingerprint density at radius 3 is 2.55 bits per heavy atom. The molecule has 20 heavy (non-hydrogen) atoms. The number of rotatable bonds is 2. The summed E-state index contributed by atoms with van der Waals surface area (Å²) in [6.07, 6.45) is -5.38. The van der Waals surface area contributed by atoms with Crippen molar-refractivity contribution in [2.24, 2.45) is 0 Å². The molecule has 1 aromatic rings. The molecule has 0 bridgehead atoms. The molecule has 0 aromatic heterocycles. The Morgan fingerprint density at radius 1 is 1.35 bits per heavy atom. The Bertz CT molecular complexity index is 627. The molecule has 3 nitrogen and oxygen atoms in total. The van der Waals surface area contributed by atoms with Gasteiger partial charge in [-0.2, -0.15) is 13.2 Å². The van der Waals surface area contributed by atoms with Gasteiger partial charge in [-0.05, 0) is 31.2 Å². The van der Waals surface area contributed by atoms with E-state index < -0.39 is 50.0 Å². The van der Waals surface area contributed by atoms with E-state index in [0.717, 1.165) is 12.1 Å². The lowest BCUT2D eigenvalue weighted by atomic mass is 9.85. The molecule has 1 heterocycles. The number of fused-ring (bicyclic) bond motifs is 1. The van der Waals surface area contributed by atoms with Crippen LogP contribution in [0.2, 0.25) is 0 Å². The van der Waals surface area contributed by atoms with Crippen LogP contribution in [0.4, 0.5) is 17.6 Å². The number of benzene rings is 1. The molecule has 2 rings (SSSR count). The zero-order chi connectivity index (χ0) is 15.2. The Balaban J connectivity index is 2.78. The van der Waals surface area contributed by atoms with Gasteiger partial charge in [-0.15, -0.1) is 0 Å². The Hall–Kier alpha value is -1.15. The van der Waals surface area contributed by atoms with E-state index in [1.165, 1.54) is 6.92 Å². The topological polar surface area (TPSA) is 46.2 Å². The average Bonchev–Trinajstić information content (AvgIpc) is 2.31. The highest BCUT2D eigenvalue weighted by Crippen LogP contribution is 2.47. The van der Waals surface area contributed by atoms with Crippen LogP contribution in [0.3, 0.4) is 0 Å². The fraction of sp³-hybridized carbons (Fsp3) is 0.500. The summed E-state index contributed by atoms with van der Waals surface area (Å²) in [5.74, 6) is -1.52.